The van der Waals surface area contributed by atoms with Crippen molar-refractivity contribution in [2.75, 3.05) is 26.2 Å². The molecule has 0 radical (unpaired) electrons. The monoisotopic (exact) mass is 341 g/mol. The molecule has 25 heavy (non-hydrogen) atoms. The summed E-state index contributed by atoms with van der Waals surface area (Å²) in [5, 5.41) is 0. The minimum Gasteiger partial charge on any atom is -0.456 e. The van der Waals surface area contributed by atoms with Gasteiger partial charge in [0.05, 0.1) is 0 Å². The lowest BCUT2D eigenvalue weighted by Gasteiger charge is -2.38. The predicted octanol–water partition coefficient (Wildman–Crippen LogP) is 3.32. The zero-order chi connectivity index (χ0) is 17.8. The number of amides is 1. The van der Waals surface area contributed by atoms with Gasteiger partial charge in [0.1, 0.15) is 5.76 Å². The first-order chi connectivity index (χ1) is 12.2. The lowest BCUT2D eigenvalue weighted by molar-refractivity contribution is 0.0567. The zero-order valence-corrected chi connectivity index (χ0v) is 15.4. The van der Waals surface area contributed by atoms with Gasteiger partial charge in [-0.2, -0.15) is 0 Å². The Kier molecular flexibility index (Phi) is 5.53. The summed E-state index contributed by atoms with van der Waals surface area (Å²) in [6.07, 6.45) is 4.47. The molecule has 1 aliphatic rings. The van der Waals surface area contributed by atoms with Crippen molar-refractivity contribution in [3.05, 3.63) is 53.2 Å². The zero-order valence-electron chi connectivity index (χ0n) is 15.4. The first-order valence-corrected chi connectivity index (χ1v) is 9.19. The number of hydrogen-bond donors (Lipinski definition) is 0. The van der Waals surface area contributed by atoms with Crippen molar-refractivity contribution < 1.29 is 9.21 Å². The van der Waals surface area contributed by atoms with Gasteiger partial charge in [-0.1, -0.05) is 26.8 Å². The third kappa shape index (κ3) is 3.76. The molecule has 3 rings (SSSR count). The number of carbonyl (C=O) groups is 1. The molecule has 134 valence electrons. The molecule has 2 aromatic rings. The van der Waals surface area contributed by atoms with Gasteiger partial charge in [0.2, 0.25) is 0 Å². The van der Waals surface area contributed by atoms with Gasteiger partial charge in [-0.15, -0.1) is 0 Å². The first-order valence-electron chi connectivity index (χ1n) is 9.19. The maximum absolute atomic E-state index is 12.7. The van der Waals surface area contributed by atoms with E-state index in [9.17, 15) is 4.79 Å². The topological polar surface area (TPSA) is 49.6 Å². The summed E-state index contributed by atoms with van der Waals surface area (Å²) >= 11 is 0. The second-order valence-corrected chi connectivity index (χ2v) is 6.57. The van der Waals surface area contributed by atoms with E-state index in [1.54, 1.807) is 6.20 Å². The average molecular weight is 341 g/mol. The first kappa shape index (κ1) is 17.7. The smallest absolute Gasteiger partial charge is 0.289 e. The van der Waals surface area contributed by atoms with E-state index in [-0.39, 0.29) is 5.91 Å². The molecule has 0 N–H and O–H groups in total. The van der Waals surface area contributed by atoms with Crippen molar-refractivity contribution in [1.82, 2.24) is 14.8 Å². The molecule has 0 aliphatic carbocycles. The standard InChI is InChI=1S/C20H27N3O2/c1-4-18-16(12-22(5-2)6-3)10-19(25-18)20(24)23-13-17(14-23)15-8-7-9-21-11-15/h7-11,17H,4-6,12-14H2,1-3H3. The number of carbonyl (C=O) groups excluding carboxylic acids is 1. The number of likely N-dealkylation sites (tertiary alicyclic amines) is 1. The third-order valence-electron chi connectivity index (χ3n) is 5.04. The van der Waals surface area contributed by atoms with Crippen LogP contribution in [0.5, 0.6) is 0 Å². The van der Waals surface area contributed by atoms with E-state index in [0.29, 0.717) is 11.7 Å². The molecule has 0 bridgehead atoms. The SMILES string of the molecule is CCc1oc(C(=O)N2CC(c3cccnc3)C2)cc1CN(CC)CC. The Morgan fingerprint density at radius 2 is 2.08 bits per heavy atom. The van der Waals surface area contributed by atoms with Crippen molar-refractivity contribution in [1.29, 1.82) is 0 Å². The lowest BCUT2D eigenvalue weighted by atomic mass is 9.92. The van der Waals surface area contributed by atoms with Crippen LogP contribution < -0.4 is 0 Å². The quantitative estimate of drug-likeness (QED) is 0.775. The Hall–Kier alpha value is -2.14. The number of furan rings is 1. The molecule has 5 heteroatoms. The van der Waals surface area contributed by atoms with Crippen LogP contribution in [0, 0.1) is 0 Å². The van der Waals surface area contributed by atoms with Crippen molar-refractivity contribution >= 4 is 5.91 Å². The van der Waals surface area contributed by atoms with E-state index in [1.165, 1.54) is 5.56 Å². The van der Waals surface area contributed by atoms with Gasteiger partial charge in [0, 0.05) is 49.9 Å². The molecule has 5 nitrogen and oxygen atoms in total. The van der Waals surface area contributed by atoms with Gasteiger partial charge in [-0.05, 0) is 30.8 Å². The fraction of sp³-hybridized carbons (Fsp3) is 0.500. The van der Waals surface area contributed by atoms with Crippen molar-refractivity contribution in [3.63, 3.8) is 0 Å². The molecule has 0 saturated carbocycles. The van der Waals surface area contributed by atoms with Gasteiger partial charge in [0.25, 0.3) is 5.91 Å². The highest BCUT2D eigenvalue weighted by Gasteiger charge is 2.34. The van der Waals surface area contributed by atoms with Gasteiger partial charge >= 0.3 is 0 Å². The van der Waals surface area contributed by atoms with Crippen LogP contribution in [0.2, 0.25) is 0 Å². The predicted molar refractivity (Wildman–Crippen MR) is 97.6 cm³/mol. The maximum Gasteiger partial charge on any atom is 0.289 e. The highest BCUT2D eigenvalue weighted by molar-refractivity contribution is 5.92. The molecule has 2 aromatic heterocycles. The number of nitrogens with zero attached hydrogens (tertiary/aromatic N) is 3. The van der Waals surface area contributed by atoms with Crippen LogP contribution in [-0.4, -0.2) is 46.9 Å². The van der Waals surface area contributed by atoms with Crippen molar-refractivity contribution in [2.45, 2.75) is 39.7 Å². The fourth-order valence-electron chi connectivity index (χ4n) is 3.32. The van der Waals surface area contributed by atoms with E-state index in [0.717, 1.165) is 50.5 Å². The van der Waals surface area contributed by atoms with E-state index in [2.05, 4.69) is 36.7 Å². The lowest BCUT2D eigenvalue weighted by Crippen LogP contribution is -2.48. The van der Waals surface area contributed by atoms with Crippen LogP contribution in [-0.2, 0) is 13.0 Å². The molecule has 1 amide bonds. The number of aryl methyl sites for hydroxylation is 1. The van der Waals surface area contributed by atoms with Crippen LogP contribution in [0.15, 0.2) is 35.0 Å². The van der Waals surface area contributed by atoms with Gasteiger partial charge < -0.3 is 9.32 Å². The molecule has 0 atom stereocenters. The summed E-state index contributed by atoms with van der Waals surface area (Å²) < 4.78 is 5.88. The Morgan fingerprint density at radius 3 is 2.68 bits per heavy atom. The highest BCUT2D eigenvalue weighted by atomic mass is 16.4. The Bertz CT molecular complexity index is 701. The Morgan fingerprint density at radius 1 is 1.32 bits per heavy atom. The van der Waals surface area contributed by atoms with Crippen LogP contribution >= 0.6 is 0 Å². The minimum atomic E-state index is 0.000590. The fourth-order valence-corrected chi connectivity index (χ4v) is 3.32. The molecule has 1 saturated heterocycles. The third-order valence-corrected chi connectivity index (χ3v) is 5.04. The normalized spacial score (nSPS) is 14.8. The van der Waals surface area contributed by atoms with Crippen molar-refractivity contribution in [3.8, 4) is 0 Å². The highest BCUT2D eigenvalue weighted by Crippen LogP contribution is 2.29. The molecule has 3 heterocycles. The number of hydrogen-bond acceptors (Lipinski definition) is 4. The molecular weight excluding hydrogens is 314 g/mol. The van der Waals surface area contributed by atoms with E-state index < -0.39 is 0 Å². The molecule has 0 spiro atoms. The molecule has 1 aliphatic heterocycles. The largest absolute Gasteiger partial charge is 0.456 e. The van der Waals surface area contributed by atoms with Crippen LogP contribution in [0.4, 0.5) is 0 Å². The van der Waals surface area contributed by atoms with E-state index in [4.69, 9.17) is 4.42 Å². The maximum atomic E-state index is 12.7. The van der Waals surface area contributed by atoms with E-state index in [1.807, 2.05) is 23.2 Å². The summed E-state index contributed by atoms with van der Waals surface area (Å²) in [7, 11) is 0. The van der Waals surface area contributed by atoms with Gasteiger partial charge in [-0.25, -0.2) is 0 Å². The average Bonchev–Trinajstić information content (AvgIpc) is 3.02. The van der Waals surface area contributed by atoms with Crippen LogP contribution in [0.1, 0.15) is 54.1 Å². The van der Waals surface area contributed by atoms with Crippen LogP contribution in [0.25, 0.3) is 0 Å². The second kappa shape index (κ2) is 7.83. The van der Waals surface area contributed by atoms with Crippen molar-refractivity contribution in [2.24, 2.45) is 0 Å². The number of pyridine rings is 1. The molecule has 0 unspecified atom stereocenters. The van der Waals surface area contributed by atoms with Gasteiger partial charge in [0.15, 0.2) is 5.76 Å². The second-order valence-electron chi connectivity index (χ2n) is 6.57. The van der Waals surface area contributed by atoms with Gasteiger partial charge in [-0.3, -0.25) is 14.7 Å². The summed E-state index contributed by atoms with van der Waals surface area (Å²) in [4.78, 5) is 21.1. The summed E-state index contributed by atoms with van der Waals surface area (Å²) in [5.74, 6) is 1.79. The number of rotatable bonds is 7. The summed E-state index contributed by atoms with van der Waals surface area (Å²) in [6.45, 7) is 10.7. The number of aromatic nitrogens is 1. The Labute approximate surface area is 149 Å². The van der Waals surface area contributed by atoms with E-state index >= 15 is 0 Å². The minimum absolute atomic E-state index is 0.000590. The molecular formula is C20H27N3O2. The summed E-state index contributed by atoms with van der Waals surface area (Å²) in [5.41, 5.74) is 2.33. The molecule has 0 aromatic carbocycles. The summed E-state index contributed by atoms with van der Waals surface area (Å²) in [6, 6.07) is 5.96. The molecule has 1 fully saturated rings. The van der Waals surface area contributed by atoms with Crippen LogP contribution in [0.3, 0.4) is 0 Å². The Balaban J connectivity index is 1.66.